The van der Waals surface area contributed by atoms with Crippen molar-refractivity contribution < 1.29 is 0 Å². The van der Waals surface area contributed by atoms with Crippen LogP contribution in [0.5, 0.6) is 0 Å². The normalized spacial score (nSPS) is 12.3. The molecule has 1 N–H and O–H groups in total. The maximum Gasteiger partial charge on any atom is 0.0417 e. The van der Waals surface area contributed by atoms with Gasteiger partial charge in [-0.05, 0) is 58.7 Å². The summed E-state index contributed by atoms with van der Waals surface area (Å²) in [4.78, 5) is 5.43. The summed E-state index contributed by atoms with van der Waals surface area (Å²) in [6, 6.07) is 10.5. The van der Waals surface area contributed by atoms with E-state index in [0.29, 0.717) is 6.04 Å². The SMILES string of the molecule is CCNC(CSc1cccc(Cl)c1)Cc1cncc(Br)c1. The number of aromatic nitrogens is 1. The first-order valence-corrected chi connectivity index (χ1v) is 9.04. The fourth-order valence-electron chi connectivity index (χ4n) is 2.08. The van der Waals surface area contributed by atoms with E-state index in [1.807, 2.05) is 42.4 Å². The summed E-state index contributed by atoms with van der Waals surface area (Å²) < 4.78 is 1.03. The highest BCUT2D eigenvalue weighted by molar-refractivity contribution is 9.10. The van der Waals surface area contributed by atoms with Gasteiger partial charge in [0.05, 0.1) is 0 Å². The number of hydrogen-bond donors (Lipinski definition) is 1. The minimum absolute atomic E-state index is 0.412. The Morgan fingerprint density at radius 2 is 2.19 bits per heavy atom. The number of pyridine rings is 1. The van der Waals surface area contributed by atoms with E-state index in [9.17, 15) is 0 Å². The average Bonchev–Trinajstić information content (AvgIpc) is 2.45. The number of nitrogens with zero attached hydrogens (tertiary/aromatic N) is 1. The highest BCUT2D eigenvalue weighted by atomic mass is 79.9. The molecular formula is C16H18BrClN2S. The maximum absolute atomic E-state index is 6.03. The Kier molecular flexibility index (Phi) is 7.04. The molecule has 0 spiro atoms. The molecular weight excluding hydrogens is 368 g/mol. The van der Waals surface area contributed by atoms with Crippen LogP contribution in [0.25, 0.3) is 0 Å². The second-order valence-corrected chi connectivity index (χ2v) is 7.18. The van der Waals surface area contributed by atoms with Crippen LogP contribution in [0.2, 0.25) is 5.02 Å². The van der Waals surface area contributed by atoms with Gasteiger partial charge >= 0.3 is 0 Å². The zero-order chi connectivity index (χ0) is 15.1. The first kappa shape index (κ1) is 16.8. The molecule has 0 saturated carbocycles. The summed E-state index contributed by atoms with van der Waals surface area (Å²) in [5.41, 5.74) is 1.24. The minimum atomic E-state index is 0.412. The van der Waals surface area contributed by atoms with Crippen molar-refractivity contribution in [2.24, 2.45) is 0 Å². The van der Waals surface area contributed by atoms with Crippen molar-refractivity contribution in [1.29, 1.82) is 0 Å². The number of benzene rings is 1. The molecule has 0 bridgehead atoms. The van der Waals surface area contributed by atoms with Gasteiger partial charge in [-0.3, -0.25) is 4.98 Å². The second-order valence-electron chi connectivity index (χ2n) is 4.74. The van der Waals surface area contributed by atoms with Gasteiger partial charge in [0.1, 0.15) is 0 Å². The van der Waals surface area contributed by atoms with Gasteiger partial charge in [-0.1, -0.05) is 24.6 Å². The third kappa shape index (κ3) is 5.99. The lowest BCUT2D eigenvalue weighted by Gasteiger charge is -2.17. The lowest BCUT2D eigenvalue weighted by atomic mass is 10.1. The predicted octanol–water partition coefficient (Wildman–Crippen LogP) is 4.81. The topological polar surface area (TPSA) is 24.9 Å². The molecule has 2 rings (SSSR count). The zero-order valence-electron chi connectivity index (χ0n) is 11.9. The third-order valence-electron chi connectivity index (χ3n) is 2.98. The van der Waals surface area contributed by atoms with Gasteiger partial charge in [-0.2, -0.15) is 0 Å². The molecule has 5 heteroatoms. The molecule has 0 aliphatic heterocycles. The van der Waals surface area contributed by atoms with Gasteiger partial charge in [0.15, 0.2) is 0 Å². The monoisotopic (exact) mass is 384 g/mol. The smallest absolute Gasteiger partial charge is 0.0417 e. The van der Waals surface area contributed by atoms with Crippen molar-refractivity contribution >= 4 is 39.3 Å². The Hall–Kier alpha value is -0.550. The first-order chi connectivity index (χ1) is 10.2. The predicted molar refractivity (Wildman–Crippen MR) is 95.3 cm³/mol. The minimum Gasteiger partial charge on any atom is -0.313 e. The van der Waals surface area contributed by atoms with E-state index >= 15 is 0 Å². The van der Waals surface area contributed by atoms with E-state index in [-0.39, 0.29) is 0 Å². The molecule has 1 unspecified atom stereocenters. The molecule has 21 heavy (non-hydrogen) atoms. The second kappa shape index (κ2) is 8.79. The van der Waals surface area contributed by atoms with Crippen LogP contribution in [-0.4, -0.2) is 23.3 Å². The van der Waals surface area contributed by atoms with Crippen molar-refractivity contribution in [2.75, 3.05) is 12.3 Å². The van der Waals surface area contributed by atoms with Crippen molar-refractivity contribution in [3.05, 3.63) is 57.8 Å². The summed E-state index contributed by atoms with van der Waals surface area (Å²) in [6.45, 7) is 3.10. The van der Waals surface area contributed by atoms with Crippen molar-refractivity contribution in [1.82, 2.24) is 10.3 Å². The Morgan fingerprint density at radius 3 is 2.90 bits per heavy atom. The van der Waals surface area contributed by atoms with Crippen LogP contribution in [-0.2, 0) is 6.42 Å². The largest absolute Gasteiger partial charge is 0.313 e. The highest BCUT2D eigenvalue weighted by Gasteiger charge is 2.10. The molecule has 0 saturated heterocycles. The summed E-state index contributed by atoms with van der Waals surface area (Å²) >= 11 is 11.3. The molecule has 1 heterocycles. The number of nitrogens with one attached hydrogen (secondary N) is 1. The molecule has 0 radical (unpaired) electrons. The van der Waals surface area contributed by atoms with Gasteiger partial charge in [-0.15, -0.1) is 11.8 Å². The van der Waals surface area contributed by atoms with Crippen molar-refractivity contribution in [3.63, 3.8) is 0 Å². The fourth-order valence-corrected chi connectivity index (χ4v) is 3.77. The number of likely N-dealkylation sites (N-methyl/N-ethyl adjacent to an activating group) is 1. The Bertz CT molecular complexity index is 580. The molecule has 0 amide bonds. The van der Waals surface area contributed by atoms with E-state index in [2.05, 4.69) is 45.3 Å². The summed E-state index contributed by atoms with van der Waals surface area (Å²) in [6.07, 6.45) is 4.71. The van der Waals surface area contributed by atoms with E-state index < -0.39 is 0 Å². The summed E-state index contributed by atoms with van der Waals surface area (Å²) in [5, 5.41) is 4.33. The lowest BCUT2D eigenvalue weighted by molar-refractivity contribution is 0.572. The van der Waals surface area contributed by atoms with Crippen LogP contribution < -0.4 is 5.32 Å². The Labute approximate surface area is 143 Å². The van der Waals surface area contributed by atoms with Crippen LogP contribution in [0, 0.1) is 0 Å². The maximum atomic E-state index is 6.03. The van der Waals surface area contributed by atoms with Crippen molar-refractivity contribution in [3.8, 4) is 0 Å². The van der Waals surface area contributed by atoms with Crippen LogP contribution >= 0.6 is 39.3 Å². The van der Waals surface area contributed by atoms with E-state index in [1.165, 1.54) is 10.5 Å². The van der Waals surface area contributed by atoms with Gasteiger partial charge < -0.3 is 5.32 Å². The van der Waals surface area contributed by atoms with Crippen LogP contribution in [0.15, 0.2) is 52.1 Å². The van der Waals surface area contributed by atoms with Gasteiger partial charge in [0, 0.05) is 38.6 Å². The summed E-state index contributed by atoms with van der Waals surface area (Å²) in [7, 11) is 0. The van der Waals surface area contributed by atoms with Gasteiger partial charge in [-0.25, -0.2) is 0 Å². The Morgan fingerprint density at radius 1 is 1.33 bits per heavy atom. The number of rotatable bonds is 7. The average molecular weight is 386 g/mol. The van der Waals surface area contributed by atoms with Crippen LogP contribution in [0.3, 0.4) is 0 Å². The van der Waals surface area contributed by atoms with Crippen LogP contribution in [0.4, 0.5) is 0 Å². The number of thioether (sulfide) groups is 1. The van der Waals surface area contributed by atoms with E-state index in [4.69, 9.17) is 11.6 Å². The molecule has 1 aromatic heterocycles. The molecule has 0 aliphatic rings. The molecule has 0 aliphatic carbocycles. The molecule has 0 fully saturated rings. The molecule has 112 valence electrons. The van der Waals surface area contributed by atoms with Crippen molar-refractivity contribution in [2.45, 2.75) is 24.3 Å². The van der Waals surface area contributed by atoms with Gasteiger partial charge in [0.25, 0.3) is 0 Å². The Balaban J connectivity index is 1.95. The third-order valence-corrected chi connectivity index (χ3v) is 4.81. The number of hydrogen-bond acceptors (Lipinski definition) is 3. The molecule has 2 nitrogen and oxygen atoms in total. The molecule has 1 aromatic carbocycles. The molecule has 1 atom stereocenters. The standard InChI is InChI=1S/C16H18BrClN2S/c1-2-20-15(7-12-6-13(17)10-19-9-12)11-21-16-5-3-4-14(18)8-16/h3-6,8-10,15,20H,2,7,11H2,1H3. The molecule has 2 aromatic rings. The van der Waals surface area contributed by atoms with Crippen LogP contribution in [0.1, 0.15) is 12.5 Å². The van der Waals surface area contributed by atoms with Gasteiger partial charge in [0.2, 0.25) is 0 Å². The first-order valence-electron chi connectivity index (χ1n) is 6.88. The van der Waals surface area contributed by atoms with E-state index in [0.717, 1.165) is 28.2 Å². The van der Waals surface area contributed by atoms with E-state index in [1.54, 1.807) is 0 Å². The lowest BCUT2D eigenvalue weighted by Crippen LogP contribution is -2.33. The quantitative estimate of drug-likeness (QED) is 0.692. The number of halogens is 2. The summed E-state index contributed by atoms with van der Waals surface area (Å²) in [5.74, 6) is 1.00. The fraction of sp³-hybridized carbons (Fsp3) is 0.312. The highest BCUT2D eigenvalue weighted by Crippen LogP contribution is 2.23. The zero-order valence-corrected chi connectivity index (χ0v) is 15.0.